The number of hydrogen-bond acceptors (Lipinski definition) is 1. The Morgan fingerprint density at radius 2 is 1.70 bits per heavy atom. The summed E-state index contributed by atoms with van der Waals surface area (Å²) in [6, 6.07) is 9.45. The van der Waals surface area contributed by atoms with Crippen molar-refractivity contribution in [3.8, 4) is 0 Å². The second-order valence-corrected chi connectivity index (χ2v) is 5.08. The van der Waals surface area contributed by atoms with Crippen LogP contribution in [0.3, 0.4) is 0 Å². The molecule has 20 heavy (non-hydrogen) atoms. The molecule has 2 aromatic carbocycles. The molecule has 1 N–H and O–H groups in total. The van der Waals surface area contributed by atoms with E-state index in [1.165, 1.54) is 6.07 Å². The lowest BCUT2D eigenvalue weighted by molar-refractivity contribution is 0.504. The summed E-state index contributed by atoms with van der Waals surface area (Å²) in [7, 11) is 0. The van der Waals surface area contributed by atoms with Crippen LogP contribution in [0.1, 0.15) is 29.7 Å². The van der Waals surface area contributed by atoms with Gasteiger partial charge in [-0.25, -0.2) is 8.78 Å². The van der Waals surface area contributed by atoms with E-state index in [4.69, 9.17) is 11.6 Å². The molecule has 106 valence electrons. The minimum Gasteiger partial charge on any atom is -0.307 e. The van der Waals surface area contributed by atoms with Gasteiger partial charge < -0.3 is 5.32 Å². The van der Waals surface area contributed by atoms with Crippen LogP contribution in [-0.2, 0) is 0 Å². The Hall–Kier alpha value is -1.45. The Labute approximate surface area is 122 Å². The lowest BCUT2D eigenvalue weighted by Crippen LogP contribution is -2.22. The van der Waals surface area contributed by atoms with Gasteiger partial charge in [-0.2, -0.15) is 0 Å². The first-order valence-corrected chi connectivity index (χ1v) is 6.85. The average Bonchev–Trinajstić information content (AvgIpc) is 2.43. The van der Waals surface area contributed by atoms with Gasteiger partial charge in [0.15, 0.2) is 11.6 Å². The van der Waals surface area contributed by atoms with Gasteiger partial charge in [0.1, 0.15) is 0 Å². The normalized spacial score (nSPS) is 12.4. The molecule has 0 heterocycles. The first kappa shape index (κ1) is 14.9. The van der Waals surface area contributed by atoms with Crippen LogP contribution in [-0.4, -0.2) is 6.54 Å². The molecule has 1 unspecified atom stereocenters. The van der Waals surface area contributed by atoms with E-state index in [0.29, 0.717) is 17.1 Å². The molecule has 0 aliphatic carbocycles. The van der Waals surface area contributed by atoms with Crippen molar-refractivity contribution < 1.29 is 8.78 Å². The summed E-state index contributed by atoms with van der Waals surface area (Å²) < 4.78 is 26.5. The fourth-order valence-corrected chi connectivity index (χ4v) is 2.29. The zero-order valence-electron chi connectivity index (χ0n) is 11.4. The molecule has 0 bridgehead atoms. The first-order chi connectivity index (χ1) is 9.52. The molecule has 0 fully saturated rings. The summed E-state index contributed by atoms with van der Waals surface area (Å²) in [4.78, 5) is 0. The zero-order chi connectivity index (χ0) is 14.7. The van der Waals surface area contributed by atoms with Crippen molar-refractivity contribution in [2.45, 2.75) is 19.9 Å². The van der Waals surface area contributed by atoms with Gasteiger partial charge in [0, 0.05) is 5.02 Å². The van der Waals surface area contributed by atoms with E-state index in [1.54, 1.807) is 6.07 Å². The maximum absolute atomic E-state index is 13.4. The van der Waals surface area contributed by atoms with E-state index in [1.807, 2.05) is 32.0 Å². The smallest absolute Gasteiger partial charge is 0.159 e. The lowest BCUT2D eigenvalue weighted by atomic mass is 9.97. The van der Waals surface area contributed by atoms with Crippen LogP contribution in [0.25, 0.3) is 0 Å². The summed E-state index contributed by atoms with van der Waals surface area (Å²) in [5.74, 6) is -1.67. The monoisotopic (exact) mass is 295 g/mol. The standard InChI is InChI=1S/C16H16ClF2N/c1-3-20-16(11-4-6-13(17)10(2)8-11)12-5-7-14(18)15(19)9-12/h4-9,16,20H,3H2,1-2H3. The fraction of sp³-hybridized carbons (Fsp3) is 0.250. The van der Waals surface area contributed by atoms with Crippen LogP contribution in [0.2, 0.25) is 5.02 Å². The van der Waals surface area contributed by atoms with E-state index >= 15 is 0 Å². The molecular weight excluding hydrogens is 280 g/mol. The third-order valence-electron chi connectivity index (χ3n) is 3.20. The van der Waals surface area contributed by atoms with Crippen molar-refractivity contribution in [1.29, 1.82) is 0 Å². The number of nitrogens with one attached hydrogen (secondary N) is 1. The van der Waals surface area contributed by atoms with Crippen LogP contribution in [0, 0.1) is 18.6 Å². The van der Waals surface area contributed by atoms with E-state index < -0.39 is 11.6 Å². The predicted octanol–water partition coefficient (Wildman–Crippen LogP) is 4.63. The van der Waals surface area contributed by atoms with Crippen LogP contribution >= 0.6 is 11.6 Å². The van der Waals surface area contributed by atoms with Crippen LogP contribution in [0.5, 0.6) is 0 Å². The van der Waals surface area contributed by atoms with Crippen molar-refractivity contribution in [1.82, 2.24) is 5.32 Å². The van der Waals surface area contributed by atoms with Gasteiger partial charge in [-0.15, -0.1) is 0 Å². The Bertz CT molecular complexity index is 562. The minimum atomic E-state index is -0.837. The highest BCUT2D eigenvalue weighted by molar-refractivity contribution is 6.31. The van der Waals surface area contributed by atoms with Crippen LogP contribution < -0.4 is 5.32 Å². The number of aryl methyl sites for hydroxylation is 1. The molecule has 4 heteroatoms. The van der Waals surface area contributed by atoms with E-state index in [-0.39, 0.29) is 6.04 Å². The Morgan fingerprint density at radius 1 is 1.05 bits per heavy atom. The maximum Gasteiger partial charge on any atom is 0.159 e. The fourth-order valence-electron chi connectivity index (χ4n) is 2.17. The van der Waals surface area contributed by atoms with Gasteiger partial charge >= 0.3 is 0 Å². The molecule has 0 aliphatic rings. The largest absolute Gasteiger partial charge is 0.307 e. The van der Waals surface area contributed by atoms with Crippen molar-refractivity contribution in [2.75, 3.05) is 6.54 Å². The van der Waals surface area contributed by atoms with Crippen LogP contribution in [0.4, 0.5) is 8.78 Å². The lowest BCUT2D eigenvalue weighted by Gasteiger charge is -2.20. The number of hydrogen-bond donors (Lipinski definition) is 1. The maximum atomic E-state index is 13.4. The van der Waals surface area contributed by atoms with Crippen molar-refractivity contribution in [2.24, 2.45) is 0 Å². The number of rotatable bonds is 4. The molecule has 1 atom stereocenters. The Balaban J connectivity index is 2.44. The van der Waals surface area contributed by atoms with Gasteiger partial charge in [-0.1, -0.05) is 36.7 Å². The van der Waals surface area contributed by atoms with Gasteiger partial charge in [0.25, 0.3) is 0 Å². The highest BCUT2D eigenvalue weighted by Crippen LogP contribution is 2.26. The van der Waals surface area contributed by atoms with Crippen LogP contribution in [0.15, 0.2) is 36.4 Å². The van der Waals surface area contributed by atoms with Gasteiger partial charge in [-0.3, -0.25) is 0 Å². The topological polar surface area (TPSA) is 12.0 Å². The molecule has 2 aromatic rings. The summed E-state index contributed by atoms with van der Waals surface area (Å²) in [5, 5.41) is 3.97. The molecule has 0 aromatic heterocycles. The van der Waals surface area contributed by atoms with Gasteiger partial charge in [0.05, 0.1) is 6.04 Å². The van der Waals surface area contributed by atoms with Gasteiger partial charge in [0.2, 0.25) is 0 Å². The average molecular weight is 296 g/mol. The van der Waals surface area contributed by atoms with E-state index in [0.717, 1.165) is 17.2 Å². The molecule has 0 spiro atoms. The molecular formula is C16H16ClF2N. The molecule has 0 saturated carbocycles. The number of halogens is 3. The molecule has 1 nitrogen and oxygen atoms in total. The molecule has 0 amide bonds. The minimum absolute atomic E-state index is 0.189. The third-order valence-corrected chi connectivity index (χ3v) is 3.62. The van der Waals surface area contributed by atoms with Crippen molar-refractivity contribution in [3.05, 3.63) is 69.7 Å². The Kier molecular flexibility index (Phi) is 4.73. The Morgan fingerprint density at radius 3 is 2.30 bits per heavy atom. The van der Waals surface area contributed by atoms with Crippen molar-refractivity contribution >= 4 is 11.6 Å². The second-order valence-electron chi connectivity index (χ2n) is 4.67. The summed E-state index contributed by atoms with van der Waals surface area (Å²) >= 11 is 6.02. The zero-order valence-corrected chi connectivity index (χ0v) is 12.1. The molecule has 0 aliphatic heterocycles. The summed E-state index contributed by atoms with van der Waals surface area (Å²) in [6.45, 7) is 4.60. The highest BCUT2D eigenvalue weighted by Gasteiger charge is 2.15. The third kappa shape index (κ3) is 3.17. The van der Waals surface area contributed by atoms with Gasteiger partial charge in [-0.05, 0) is 48.4 Å². The quantitative estimate of drug-likeness (QED) is 0.867. The SMILES string of the molecule is CCNC(c1ccc(Cl)c(C)c1)c1ccc(F)c(F)c1. The highest BCUT2D eigenvalue weighted by atomic mass is 35.5. The van der Waals surface area contributed by atoms with E-state index in [9.17, 15) is 8.78 Å². The van der Waals surface area contributed by atoms with Crippen molar-refractivity contribution in [3.63, 3.8) is 0 Å². The molecule has 2 rings (SSSR count). The number of benzene rings is 2. The predicted molar refractivity (Wildman–Crippen MR) is 78.1 cm³/mol. The van der Waals surface area contributed by atoms with E-state index in [2.05, 4.69) is 5.32 Å². The summed E-state index contributed by atoms with van der Waals surface area (Å²) in [6.07, 6.45) is 0. The summed E-state index contributed by atoms with van der Waals surface area (Å²) in [5.41, 5.74) is 2.61. The second kappa shape index (κ2) is 6.33. The molecule has 0 radical (unpaired) electrons. The molecule has 0 saturated heterocycles. The first-order valence-electron chi connectivity index (χ1n) is 6.47.